The molecule has 0 fully saturated rings. The summed E-state index contributed by atoms with van der Waals surface area (Å²) in [7, 11) is 0. The first-order chi connectivity index (χ1) is 18.8. The SMILES string of the molecule is C1=CC2=C(CC1)N(c1ccc(-c3nc(-c4ccccc4)nc(-c4ccccc4)n3)cc1)c1ccccc1O2. The highest BCUT2D eigenvalue weighted by atomic mass is 16.5. The molecule has 0 saturated heterocycles. The van der Waals surface area contributed by atoms with Crippen molar-refractivity contribution in [2.24, 2.45) is 0 Å². The van der Waals surface area contributed by atoms with Crippen molar-refractivity contribution in [3.05, 3.63) is 133 Å². The van der Waals surface area contributed by atoms with E-state index in [4.69, 9.17) is 19.7 Å². The van der Waals surface area contributed by atoms with Crippen LogP contribution in [-0.2, 0) is 0 Å². The maximum atomic E-state index is 6.22. The van der Waals surface area contributed by atoms with Gasteiger partial charge in [-0.3, -0.25) is 0 Å². The third-order valence-corrected chi connectivity index (χ3v) is 6.78. The molecular formula is C33H24N4O. The topological polar surface area (TPSA) is 51.1 Å². The number of hydrogen-bond donors (Lipinski definition) is 0. The smallest absolute Gasteiger partial charge is 0.164 e. The summed E-state index contributed by atoms with van der Waals surface area (Å²) in [6.07, 6.45) is 6.17. The molecule has 0 atom stereocenters. The fraction of sp³-hybridized carbons (Fsp3) is 0.0606. The molecule has 7 rings (SSSR count). The summed E-state index contributed by atoms with van der Waals surface area (Å²) in [5.74, 6) is 3.73. The van der Waals surface area contributed by atoms with Crippen LogP contribution in [0, 0.1) is 0 Å². The molecular weight excluding hydrogens is 468 g/mol. The Morgan fingerprint density at radius 3 is 1.76 bits per heavy atom. The number of ether oxygens (including phenoxy) is 1. The Hall–Kier alpha value is -5.03. The highest BCUT2D eigenvalue weighted by molar-refractivity contribution is 5.78. The molecule has 0 saturated carbocycles. The van der Waals surface area contributed by atoms with Crippen LogP contribution < -0.4 is 9.64 Å². The lowest BCUT2D eigenvalue weighted by molar-refractivity contribution is 0.421. The lowest BCUT2D eigenvalue weighted by atomic mass is 10.0. The van der Waals surface area contributed by atoms with E-state index in [9.17, 15) is 0 Å². The van der Waals surface area contributed by atoms with E-state index in [1.165, 1.54) is 5.70 Å². The van der Waals surface area contributed by atoms with E-state index in [1.807, 2.05) is 72.8 Å². The minimum atomic E-state index is 0.645. The standard InChI is InChI=1S/C33H24N4O/c1-3-11-23(12-4-1)31-34-32(24-13-5-2-6-14-24)36-33(35-31)25-19-21-26(22-20-25)37-27-15-7-9-17-29(27)38-30-18-10-8-16-28(30)37/h1-7,9-15,17-22H,8,16H2. The van der Waals surface area contributed by atoms with Gasteiger partial charge in [0.1, 0.15) is 5.76 Å². The van der Waals surface area contributed by atoms with E-state index in [-0.39, 0.29) is 0 Å². The third-order valence-electron chi connectivity index (χ3n) is 6.78. The maximum Gasteiger partial charge on any atom is 0.164 e. The van der Waals surface area contributed by atoms with Crippen LogP contribution in [0.15, 0.2) is 133 Å². The Morgan fingerprint density at radius 1 is 0.579 bits per heavy atom. The average molecular weight is 493 g/mol. The molecule has 5 nitrogen and oxygen atoms in total. The predicted octanol–water partition coefficient (Wildman–Crippen LogP) is 7.96. The minimum Gasteiger partial charge on any atom is -0.453 e. The van der Waals surface area contributed by atoms with Crippen molar-refractivity contribution in [3.8, 4) is 39.9 Å². The van der Waals surface area contributed by atoms with Crippen molar-refractivity contribution < 1.29 is 4.74 Å². The summed E-state index contributed by atoms with van der Waals surface area (Å²) >= 11 is 0. The number of hydrogen-bond acceptors (Lipinski definition) is 5. The van der Waals surface area contributed by atoms with Crippen molar-refractivity contribution in [1.82, 2.24) is 15.0 Å². The Labute approximate surface area is 221 Å². The monoisotopic (exact) mass is 492 g/mol. The van der Waals surface area contributed by atoms with Gasteiger partial charge in [-0.1, -0.05) is 78.9 Å². The van der Waals surface area contributed by atoms with E-state index >= 15 is 0 Å². The lowest BCUT2D eigenvalue weighted by Gasteiger charge is -2.35. The molecule has 1 aliphatic carbocycles. The lowest BCUT2D eigenvalue weighted by Crippen LogP contribution is -2.25. The highest BCUT2D eigenvalue weighted by Gasteiger charge is 2.28. The van der Waals surface area contributed by atoms with Gasteiger partial charge in [0.05, 0.1) is 11.4 Å². The summed E-state index contributed by atoms with van der Waals surface area (Å²) in [6.45, 7) is 0. The molecule has 5 aromatic rings. The molecule has 0 bridgehead atoms. The van der Waals surface area contributed by atoms with Gasteiger partial charge in [0.15, 0.2) is 23.2 Å². The van der Waals surface area contributed by atoms with Crippen molar-refractivity contribution in [1.29, 1.82) is 0 Å². The Bertz CT molecular complexity index is 1620. The van der Waals surface area contributed by atoms with Crippen LogP contribution in [0.2, 0.25) is 0 Å². The summed E-state index contributed by atoms with van der Waals surface area (Å²) in [6, 6.07) is 36.7. The zero-order valence-electron chi connectivity index (χ0n) is 20.7. The first-order valence-electron chi connectivity index (χ1n) is 12.8. The van der Waals surface area contributed by atoms with Gasteiger partial charge in [0.25, 0.3) is 0 Å². The van der Waals surface area contributed by atoms with Gasteiger partial charge in [-0.2, -0.15) is 0 Å². The van der Waals surface area contributed by atoms with E-state index in [0.717, 1.165) is 52.4 Å². The fourth-order valence-electron chi connectivity index (χ4n) is 4.93. The molecule has 2 aliphatic rings. The van der Waals surface area contributed by atoms with Crippen LogP contribution in [0.25, 0.3) is 34.2 Å². The largest absolute Gasteiger partial charge is 0.453 e. The molecule has 182 valence electrons. The van der Waals surface area contributed by atoms with E-state index in [0.29, 0.717) is 17.5 Å². The molecule has 0 unspecified atom stereocenters. The van der Waals surface area contributed by atoms with Crippen LogP contribution >= 0.6 is 0 Å². The van der Waals surface area contributed by atoms with Gasteiger partial charge in [0.2, 0.25) is 0 Å². The summed E-state index contributed by atoms with van der Waals surface area (Å²) in [5, 5.41) is 0. The fourth-order valence-corrected chi connectivity index (χ4v) is 4.93. The predicted molar refractivity (Wildman–Crippen MR) is 151 cm³/mol. The molecule has 0 N–H and O–H groups in total. The second-order valence-electron chi connectivity index (χ2n) is 9.24. The minimum absolute atomic E-state index is 0.645. The number of allylic oxidation sites excluding steroid dienone is 3. The van der Waals surface area contributed by atoms with Gasteiger partial charge in [0, 0.05) is 22.4 Å². The zero-order valence-corrected chi connectivity index (χ0v) is 20.7. The average Bonchev–Trinajstić information content (AvgIpc) is 3.00. The molecule has 0 radical (unpaired) electrons. The number of anilines is 2. The van der Waals surface area contributed by atoms with Crippen molar-refractivity contribution in [3.63, 3.8) is 0 Å². The first-order valence-corrected chi connectivity index (χ1v) is 12.8. The van der Waals surface area contributed by atoms with Crippen molar-refractivity contribution >= 4 is 11.4 Å². The number of rotatable bonds is 4. The normalized spacial score (nSPS) is 14.1. The highest BCUT2D eigenvalue weighted by Crippen LogP contribution is 2.45. The molecule has 1 aromatic heterocycles. The number of benzene rings is 4. The second kappa shape index (κ2) is 9.45. The van der Waals surface area contributed by atoms with Gasteiger partial charge in [-0.25, -0.2) is 15.0 Å². The van der Waals surface area contributed by atoms with Gasteiger partial charge in [-0.05, 0) is 55.3 Å². The Kier molecular flexibility index (Phi) is 5.52. The molecule has 2 heterocycles. The number of nitrogens with zero attached hydrogens (tertiary/aromatic N) is 4. The first kappa shape index (κ1) is 22.2. The quantitative estimate of drug-likeness (QED) is 0.255. The second-order valence-corrected chi connectivity index (χ2v) is 9.24. The van der Waals surface area contributed by atoms with Crippen LogP contribution in [0.4, 0.5) is 11.4 Å². The Morgan fingerprint density at radius 2 is 1.13 bits per heavy atom. The van der Waals surface area contributed by atoms with Crippen LogP contribution in [0.3, 0.4) is 0 Å². The number of aromatic nitrogens is 3. The molecule has 0 spiro atoms. The molecule has 4 aromatic carbocycles. The van der Waals surface area contributed by atoms with Crippen LogP contribution in [0.1, 0.15) is 12.8 Å². The van der Waals surface area contributed by atoms with Crippen LogP contribution in [0.5, 0.6) is 5.75 Å². The molecule has 0 amide bonds. The Balaban J connectivity index is 1.31. The van der Waals surface area contributed by atoms with Gasteiger partial charge in [-0.15, -0.1) is 0 Å². The van der Waals surface area contributed by atoms with Crippen molar-refractivity contribution in [2.45, 2.75) is 12.8 Å². The van der Waals surface area contributed by atoms with Crippen LogP contribution in [-0.4, -0.2) is 15.0 Å². The van der Waals surface area contributed by atoms with E-state index in [2.05, 4.69) is 53.5 Å². The molecule has 38 heavy (non-hydrogen) atoms. The number of para-hydroxylation sites is 2. The van der Waals surface area contributed by atoms with E-state index < -0.39 is 0 Å². The van der Waals surface area contributed by atoms with Gasteiger partial charge < -0.3 is 9.64 Å². The summed E-state index contributed by atoms with van der Waals surface area (Å²) in [4.78, 5) is 16.8. The van der Waals surface area contributed by atoms with Gasteiger partial charge >= 0.3 is 0 Å². The zero-order chi connectivity index (χ0) is 25.3. The molecule has 5 heteroatoms. The summed E-state index contributed by atoms with van der Waals surface area (Å²) in [5.41, 5.74) is 6.15. The van der Waals surface area contributed by atoms with E-state index in [1.54, 1.807) is 0 Å². The third kappa shape index (κ3) is 4.04. The van der Waals surface area contributed by atoms with Crippen molar-refractivity contribution in [2.75, 3.05) is 4.90 Å². The molecule has 1 aliphatic heterocycles. The maximum absolute atomic E-state index is 6.22. The number of fused-ring (bicyclic) bond motifs is 1. The summed E-state index contributed by atoms with van der Waals surface area (Å²) < 4.78 is 6.22.